The van der Waals surface area contributed by atoms with Crippen LogP contribution in [-0.2, 0) is 0 Å². The summed E-state index contributed by atoms with van der Waals surface area (Å²) in [5, 5.41) is 0. The third-order valence-electron chi connectivity index (χ3n) is 0.830. The molecule has 0 bridgehead atoms. The molecule has 0 amide bonds. The Morgan fingerprint density at radius 3 is 2.25 bits per heavy atom. The fourth-order valence-electron chi connectivity index (χ4n) is 0.544. The Balaban J connectivity index is 0.000000490. The molecule has 1 aromatic rings. The van der Waals surface area contributed by atoms with Crippen LogP contribution in [0.1, 0.15) is 18.9 Å². The van der Waals surface area contributed by atoms with Gasteiger partial charge in [-0.2, -0.15) is 0 Å². The molecule has 0 aromatic carbocycles. The molecule has 2 heteroatoms. The molecule has 0 saturated heterocycles. The van der Waals surface area contributed by atoms with E-state index in [4.69, 9.17) is 0 Å². The number of aryl methyl sites for hydroxylation is 2. The molecule has 0 aliphatic carbocycles. The second kappa shape index (κ2) is 2.50. The van der Waals surface area contributed by atoms with Gasteiger partial charge in [0.1, 0.15) is 5.82 Å². The van der Waals surface area contributed by atoms with Gasteiger partial charge >= 0.3 is 0 Å². The SMILES string of the molecule is C.Cc1cnc(C)[nH]1. The second-order valence-electron chi connectivity index (χ2n) is 1.65. The summed E-state index contributed by atoms with van der Waals surface area (Å²) >= 11 is 0. The fraction of sp³-hybridized carbons (Fsp3) is 0.500. The molecule has 1 rings (SSSR count). The molecule has 0 aliphatic rings. The average Bonchev–Trinajstić information content (AvgIpc) is 1.87. The van der Waals surface area contributed by atoms with Crippen LogP contribution in [0.15, 0.2) is 6.20 Å². The Bertz CT molecular complexity index is 139. The van der Waals surface area contributed by atoms with Gasteiger partial charge in [0.05, 0.1) is 0 Å². The van der Waals surface area contributed by atoms with E-state index in [-0.39, 0.29) is 7.43 Å². The van der Waals surface area contributed by atoms with Crippen molar-refractivity contribution in [1.82, 2.24) is 9.97 Å². The van der Waals surface area contributed by atoms with E-state index in [1.165, 1.54) is 0 Å². The van der Waals surface area contributed by atoms with Crippen molar-refractivity contribution in [2.75, 3.05) is 0 Å². The van der Waals surface area contributed by atoms with Crippen LogP contribution in [0.4, 0.5) is 0 Å². The van der Waals surface area contributed by atoms with E-state index in [1.54, 1.807) is 0 Å². The van der Waals surface area contributed by atoms with Crippen LogP contribution in [0.3, 0.4) is 0 Å². The van der Waals surface area contributed by atoms with Gasteiger partial charge in [-0.3, -0.25) is 0 Å². The number of aromatic nitrogens is 2. The lowest BCUT2D eigenvalue weighted by Crippen LogP contribution is -1.70. The van der Waals surface area contributed by atoms with Crippen molar-refractivity contribution in [2.24, 2.45) is 0 Å². The molecule has 0 atom stereocenters. The monoisotopic (exact) mass is 112 g/mol. The van der Waals surface area contributed by atoms with Crippen LogP contribution in [-0.4, -0.2) is 9.97 Å². The lowest BCUT2D eigenvalue weighted by molar-refractivity contribution is 1.13. The Kier molecular flexibility index (Phi) is 2.25. The number of hydrogen-bond acceptors (Lipinski definition) is 1. The first-order valence-corrected chi connectivity index (χ1v) is 2.27. The number of hydrogen-bond donors (Lipinski definition) is 1. The van der Waals surface area contributed by atoms with Crippen molar-refractivity contribution in [1.29, 1.82) is 0 Å². The van der Waals surface area contributed by atoms with E-state index in [2.05, 4.69) is 9.97 Å². The summed E-state index contributed by atoms with van der Waals surface area (Å²) in [6.07, 6.45) is 1.81. The van der Waals surface area contributed by atoms with Crippen LogP contribution in [0.25, 0.3) is 0 Å². The van der Waals surface area contributed by atoms with Gasteiger partial charge in [-0.15, -0.1) is 0 Å². The number of rotatable bonds is 0. The van der Waals surface area contributed by atoms with Crippen molar-refractivity contribution in [3.63, 3.8) is 0 Å². The van der Waals surface area contributed by atoms with E-state index in [0.29, 0.717) is 0 Å². The van der Waals surface area contributed by atoms with E-state index in [1.807, 2.05) is 20.0 Å². The van der Waals surface area contributed by atoms with E-state index in [0.717, 1.165) is 11.5 Å². The van der Waals surface area contributed by atoms with Gasteiger partial charge in [-0.1, -0.05) is 7.43 Å². The van der Waals surface area contributed by atoms with Gasteiger partial charge in [0.15, 0.2) is 0 Å². The molecule has 2 nitrogen and oxygen atoms in total. The molecule has 0 saturated carbocycles. The highest BCUT2D eigenvalue weighted by atomic mass is 14.9. The van der Waals surface area contributed by atoms with Gasteiger partial charge in [0.25, 0.3) is 0 Å². The standard InChI is InChI=1S/C5H8N2.CH4/c1-4-3-6-5(2)7-4;/h3H,1-2H3,(H,6,7);1H4. The quantitative estimate of drug-likeness (QED) is 0.543. The van der Waals surface area contributed by atoms with E-state index in [9.17, 15) is 0 Å². The highest BCUT2D eigenvalue weighted by molar-refractivity contribution is 4.95. The zero-order chi connectivity index (χ0) is 5.28. The predicted octanol–water partition coefficient (Wildman–Crippen LogP) is 1.66. The zero-order valence-electron chi connectivity index (χ0n) is 4.52. The molecule has 0 aliphatic heterocycles. The number of nitrogens with zero attached hydrogens (tertiary/aromatic N) is 1. The molecule has 0 unspecified atom stereocenters. The largest absolute Gasteiger partial charge is 0.346 e. The van der Waals surface area contributed by atoms with Gasteiger partial charge in [0, 0.05) is 11.9 Å². The second-order valence-corrected chi connectivity index (χ2v) is 1.65. The molecule has 1 heterocycles. The van der Waals surface area contributed by atoms with Gasteiger partial charge in [-0.25, -0.2) is 4.98 Å². The molecule has 0 radical (unpaired) electrons. The third-order valence-corrected chi connectivity index (χ3v) is 0.830. The molecule has 1 aromatic heterocycles. The van der Waals surface area contributed by atoms with Crippen LogP contribution in [0.5, 0.6) is 0 Å². The molecule has 0 spiro atoms. The van der Waals surface area contributed by atoms with Crippen LogP contribution >= 0.6 is 0 Å². The number of H-pyrrole nitrogens is 1. The summed E-state index contributed by atoms with van der Waals surface area (Å²) < 4.78 is 0. The predicted molar refractivity (Wildman–Crippen MR) is 34.8 cm³/mol. The lowest BCUT2D eigenvalue weighted by atomic mass is 10.6. The van der Waals surface area contributed by atoms with Gasteiger partial charge < -0.3 is 4.98 Å². The summed E-state index contributed by atoms with van der Waals surface area (Å²) in [4.78, 5) is 6.99. The summed E-state index contributed by atoms with van der Waals surface area (Å²) in [5.41, 5.74) is 1.12. The zero-order valence-corrected chi connectivity index (χ0v) is 4.52. The molecule has 0 fully saturated rings. The number of aromatic amines is 1. The van der Waals surface area contributed by atoms with Crippen LogP contribution in [0.2, 0.25) is 0 Å². The first-order valence-electron chi connectivity index (χ1n) is 2.27. The van der Waals surface area contributed by atoms with E-state index >= 15 is 0 Å². The number of nitrogens with one attached hydrogen (secondary N) is 1. The first-order chi connectivity index (χ1) is 3.29. The fourth-order valence-corrected chi connectivity index (χ4v) is 0.544. The minimum atomic E-state index is 0. The van der Waals surface area contributed by atoms with Crippen molar-refractivity contribution < 1.29 is 0 Å². The maximum absolute atomic E-state index is 3.96. The van der Waals surface area contributed by atoms with Crippen molar-refractivity contribution >= 4 is 0 Å². The van der Waals surface area contributed by atoms with Gasteiger partial charge in [-0.05, 0) is 13.8 Å². The maximum atomic E-state index is 3.96. The average molecular weight is 112 g/mol. The van der Waals surface area contributed by atoms with Gasteiger partial charge in [0.2, 0.25) is 0 Å². The molecular weight excluding hydrogens is 100 g/mol. The van der Waals surface area contributed by atoms with Crippen molar-refractivity contribution in [3.8, 4) is 0 Å². The summed E-state index contributed by atoms with van der Waals surface area (Å²) in [6.45, 7) is 3.92. The summed E-state index contributed by atoms with van der Waals surface area (Å²) in [6, 6.07) is 0. The summed E-state index contributed by atoms with van der Waals surface area (Å²) in [7, 11) is 0. The third kappa shape index (κ3) is 1.37. The topological polar surface area (TPSA) is 28.7 Å². The molecular formula is C6H12N2. The highest BCUT2D eigenvalue weighted by Crippen LogP contribution is 1.89. The Morgan fingerprint density at radius 1 is 1.50 bits per heavy atom. The highest BCUT2D eigenvalue weighted by Gasteiger charge is 1.83. The first kappa shape index (κ1) is 7.21. The molecule has 8 heavy (non-hydrogen) atoms. The molecule has 46 valence electrons. The van der Waals surface area contributed by atoms with Crippen LogP contribution in [0, 0.1) is 13.8 Å². The normalized spacial score (nSPS) is 8.25. The smallest absolute Gasteiger partial charge is 0.103 e. The molecule has 1 N–H and O–H groups in total. The minimum Gasteiger partial charge on any atom is -0.346 e. The Hall–Kier alpha value is -0.790. The van der Waals surface area contributed by atoms with Crippen molar-refractivity contribution in [2.45, 2.75) is 21.3 Å². The number of imidazole rings is 1. The van der Waals surface area contributed by atoms with Crippen LogP contribution < -0.4 is 0 Å². The summed E-state index contributed by atoms with van der Waals surface area (Å²) in [5.74, 6) is 0.984. The van der Waals surface area contributed by atoms with Crippen molar-refractivity contribution in [3.05, 3.63) is 17.7 Å². The van der Waals surface area contributed by atoms with E-state index < -0.39 is 0 Å². The lowest BCUT2D eigenvalue weighted by Gasteiger charge is -1.74. The Labute approximate surface area is 50.0 Å². The maximum Gasteiger partial charge on any atom is 0.103 e. The Morgan fingerprint density at radius 2 is 2.12 bits per heavy atom. The minimum absolute atomic E-state index is 0.